The summed E-state index contributed by atoms with van der Waals surface area (Å²) in [4.78, 5) is 0. The number of aliphatic hydroxyl groups is 1. The first-order valence-electron chi connectivity index (χ1n) is 6.85. The van der Waals surface area contributed by atoms with E-state index in [-0.39, 0.29) is 12.4 Å². The maximum absolute atomic E-state index is 10.4. The second-order valence-corrected chi connectivity index (χ2v) is 4.86. The van der Waals surface area contributed by atoms with E-state index in [9.17, 15) is 5.11 Å². The van der Waals surface area contributed by atoms with Crippen molar-refractivity contribution in [3.63, 3.8) is 0 Å². The number of rotatable bonds is 6. The highest BCUT2D eigenvalue weighted by molar-refractivity contribution is 5.85. The molecule has 0 saturated carbocycles. The lowest BCUT2D eigenvalue weighted by Crippen LogP contribution is -2.29. The van der Waals surface area contributed by atoms with Gasteiger partial charge in [0.05, 0.1) is 31.9 Å². The van der Waals surface area contributed by atoms with Crippen LogP contribution in [0.25, 0.3) is 0 Å². The molecule has 0 fully saturated rings. The SMILES string of the molecule is COc1cccc(OC)c1[C@@H](N)[C@@H](O)Cc1ccccc1.Cl. The van der Waals surface area contributed by atoms with E-state index < -0.39 is 12.1 Å². The van der Waals surface area contributed by atoms with Gasteiger partial charge in [0, 0.05) is 6.42 Å². The summed E-state index contributed by atoms with van der Waals surface area (Å²) in [5.41, 5.74) is 7.95. The van der Waals surface area contributed by atoms with E-state index in [1.165, 1.54) is 0 Å². The zero-order valence-corrected chi connectivity index (χ0v) is 13.5. The Labute approximate surface area is 137 Å². The lowest BCUT2D eigenvalue weighted by atomic mass is 9.95. The summed E-state index contributed by atoms with van der Waals surface area (Å²) < 4.78 is 10.7. The number of aliphatic hydroxyl groups excluding tert-OH is 1. The molecule has 0 amide bonds. The van der Waals surface area contributed by atoms with Crippen LogP contribution in [0.2, 0.25) is 0 Å². The summed E-state index contributed by atoms with van der Waals surface area (Å²) in [5.74, 6) is 1.24. The van der Waals surface area contributed by atoms with Crippen LogP contribution in [-0.2, 0) is 6.42 Å². The molecule has 0 bridgehead atoms. The Balaban J connectivity index is 0.00000242. The normalized spacial score (nSPS) is 12.9. The van der Waals surface area contributed by atoms with Crippen LogP contribution in [0.15, 0.2) is 48.5 Å². The minimum atomic E-state index is -0.724. The first-order chi connectivity index (χ1) is 10.2. The molecule has 0 aliphatic heterocycles. The molecule has 2 atom stereocenters. The summed E-state index contributed by atoms with van der Waals surface area (Å²) >= 11 is 0. The number of benzene rings is 2. The van der Waals surface area contributed by atoms with Crippen LogP contribution in [0.3, 0.4) is 0 Å². The Morgan fingerprint density at radius 2 is 1.50 bits per heavy atom. The summed E-state index contributed by atoms with van der Waals surface area (Å²) in [6, 6.07) is 14.6. The average molecular weight is 324 g/mol. The van der Waals surface area contributed by atoms with Crippen LogP contribution in [-0.4, -0.2) is 25.4 Å². The van der Waals surface area contributed by atoms with Crippen LogP contribution >= 0.6 is 12.4 Å². The Morgan fingerprint density at radius 3 is 2.00 bits per heavy atom. The van der Waals surface area contributed by atoms with Gasteiger partial charge in [-0.15, -0.1) is 12.4 Å². The quantitative estimate of drug-likeness (QED) is 0.858. The van der Waals surface area contributed by atoms with E-state index in [0.29, 0.717) is 23.5 Å². The second kappa shape index (κ2) is 8.63. The average Bonchev–Trinajstić information content (AvgIpc) is 2.54. The molecule has 22 heavy (non-hydrogen) atoms. The van der Waals surface area contributed by atoms with E-state index in [0.717, 1.165) is 5.56 Å². The summed E-state index contributed by atoms with van der Waals surface area (Å²) in [6.45, 7) is 0. The maximum atomic E-state index is 10.4. The number of halogens is 1. The van der Waals surface area contributed by atoms with Crippen LogP contribution < -0.4 is 15.2 Å². The third-order valence-electron chi connectivity index (χ3n) is 3.50. The molecule has 0 aromatic heterocycles. The predicted octanol–water partition coefficient (Wildman–Crippen LogP) is 2.73. The summed E-state index contributed by atoms with van der Waals surface area (Å²) in [7, 11) is 3.16. The zero-order chi connectivity index (χ0) is 15.2. The summed E-state index contributed by atoms with van der Waals surface area (Å²) in [6.07, 6.45) is -0.249. The summed E-state index contributed by atoms with van der Waals surface area (Å²) in [5, 5.41) is 10.4. The Bertz CT molecular complexity index is 555. The van der Waals surface area contributed by atoms with Gasteiger partial charge in [-0.05, 0) is 17.7 Å². The van der Waals surface area contributed by atoms with Crippen molar-refractivity contribution >= 4 is 12.4 Å². The predicted molar refractivity (Wildman–Crippen MR) is 89.9 cm³/mol. The number of hydrogen-bond acceptors (Lipinski definition) is 4. The van der Waals surface area contributed by atoms with E-state index in [1.54, 1.807) is 14.2 Å². The smallest absolute Gasteiger partial charge is 0.127 e. The number of ether oxygens (including phenoxy) is 2. The van der Waals surface area contributed by atoms with Crippen molar-refractivity contribution in [1.82, 2.24) is 0 Å². The van der Waals surface area contributed by atoms with Gasteiger partial charge in [-0.3, -0.25) is 0 Å². The minimum absolute atomic E-state index is 0. The van der Waals surface area contributed by atoms with Crippen LogP contribution in [0.1, 0.15) is 17.2 Å². The first-order valence-corrected chi connectivity index (χ1v) is 6.85. The molecule has 0 heterocycles. The first kappa shape index (κ1) is 18.3. The fraction of sp³-hybridized carbons (Fsp3) is 0.294. The van der Waals surface area contributed by atoms with Gasteiger partial charge in [-0.1, -0.05) is 36.4 Å². The van der Waals surface area contributed by atoms with Gasteiger partial charge in [-0.2, -0.15) is 0 Å². The number of hydrogen-bond donors (Lipinski definition) is 2. The molecule has 120 valence electrons. The monoisotopic (exact) mass is 323 g/mol. The van der Waals surface area contributed by atoms with Crippen molar-refractivity contribution in [2.45, 2.75) is 18.6 Å². The van der Waals surface area contributed by atoms with Gasteiger partial charge in [-0.25, -0.2) is 0 Å². The molecule has 0 aliphatic carbocycles. The molecule has 0 unspecified atom stereocenters. The van der Waals surface area contributed by atoms with E-state index in [1.807, 2.05) is 48.5 Å². The Hall–Kier alpha value is -1.75. The molecule has 0 aliphatic rings. The van der Waals surface area contributed by atoms with Crippen LogP contribution in [0.5, 0.6) is 11.5 Å². The Morgan fingerprint density at radius 1 is 0.955 bits per heavy atom. The highest BCUT2D eigenvalue weighted by Crippen LogP contribution is 2.34. The van der Waals surface area contributed by atoms with Crippen molar-refractivity contribution < 1.29 is 14.6 Å². The van der Waals surface area contributed by atoms with E-state index in [2.05, 4.69) is 0 Å². The number of methoxy groups -OCH3 is 2. The molecule has 4 nitrogen and oxygen atoms in total. The maximum Gasteiger partial charge on any atom is 0.127 e. The van der Waals surface area contributed by atoms with Crippen molar-refractivity contribution in [3.05, 3.63) is 59.7 Å². The van der Waals surface area contributed by atoms with Crippen LogP contribution in [0, 0.1) is 0 Å². The van der Waals surface area contributed by atoms with Gasteiger partial charge >= 0.3 is 0 Å². The van der Waals surface area contributed by atoms with Crippen molar-refractivity contribution in [2.75, 3.05) is 14.2 Å². The molecule has 2 aromatic rings. The van der Waals surface area contributed by atoms with Gasteiger partial charge in [0.25, 0.3) is 0 Å². The molecule has 3 N–H and O–H groups in total. The van der Waals surface area contributed by atoms with Crippen molar-refractivity contribution in [2.24, 2.45) is 5.73 Å². The van der Waals surface area contributed by atoms with Crippen molar-refractivity contribution in [3.8, 4) is 11.5 Å². The molecular weight excluding hydrogens is 302 g/mol. The third-order valence-corrected chi connectivity index (χ3v) is 3.50. The Kier molecular flexibility index (Phi) is 7.18. The molecule has 0 saturated heterocycles. The van der Waals surface area contributed by atoms with Gasteiger partial charge < -0.3 is 20.3 Å². The molecule has 0 spiro atoms. The highest BCUT2D eigenvalue weighted by Gasteiger charge is 2.24. The van der Waals surface area contributed by atoms with E-state index in [4.69, 9.17) is 15.2 Å². The van der Waals surface area contributed by atoms with Crippen LogP contribution in [0.4, 0.5) is 0 Å². The lowest BCUT2D eigenvalue weighted by molar-refractivity contribution is 0.142. The standard InChI is InChI=1S/C17H21NO3.ClH/c1-20-14-9-6-10-15(21-2)16(14)17(18)13(19)11-12-7-4-3-5-8-12;/h3-10,13,17,19H,11,18H2,1-2H3;1H/t13-,17-;/m0./s1. The molecule has 5 heteroatoms. The zero-order valence-electron chi connectivity index (χ0n) is 12.7. The fourth-order valence-electron chi connectivity index (χ4n) is 2.38. The lowest BCUT2D eigenvalue weighted by Gasteiger charge is -2.23. The topological polar surface area (TPSA) is 64.7 Å². The molecular formula is C17H22ClNO3. The minimum Gasteiger partial charge on any atom is -0.496 e. The van der Waals surface area contributed by atoms with Crippen molar-refractivity contribution in [1.29, 1.82) is 0 Å². The van der Waals surface area contributed by atoms with Gasteiger partial charge in [0.15, 0.2) is 0 Å². The van der Waals surface area contributed by atoms with Gasteiger partial charge in [0.2, 0.25) is 0 Å². The molecule has 0 radical (unpaired) electrons. The largest absolute Gasteiger partial charge is 0.496 e. The second-order valence-electron chi connectivity index (χ2n) is 4.86. The van der Waals surface area contributed by atoms with Gasteiger partial charge in [0.1, 0.15) is 11.5 Å². The molecule has 2 aromatic carbocycles. The number of nitrogens with two attached hydrogens (primary N) is 1. The molecule has 2 rings (SSSR count). The van der Waals surface area contributed by atoms with E-state index >= 15 is 0 Å². The third kappa shape index (κ3) is 4.13. The fourth-order valence-corrected chi connectivity index (χ4v) is 2.38. The highest BCUT2D eigenvalue weighted by atomic mass is 35.5.